The highest BCUT2D eigenvalue weighted by Crippen LogP contribution is 2.27. The summed E-state index contributed by atoms with van der Waals surface area (Å²) in [4.78, 5) is 26.0. The van der Waals surface area contributed by atoms with Crippen LogP contribution in [0.2, 0.25) is 0 Å². The van der Waals surface area contributed by atoms with Crippen LogP contribution in [0.25, 0.3) is 0 Å². The van der Waals surface area contributed by atoms with Gasteiger partial charge in [-0.2, -0.15) is 0 Å². The van der Waals surface area contributed by atoms with E-state index in [0.717, 1.165) is 37.2 Å². The average Bonchev–Trinajstić information content (AvgIpc) is 3.30. The molecule has 0 saturated carbocycles. The zero-order valence-corrected chi connectivity index (χ0v) is 15.5. The summed E-state index contributed by atoms with van der Waals surface area (Å²) in [5.74, 6) is 0.699. The summed E-state index contributed by atoms with van der Waals surface area (Å²) in [6.07, 6.45) is 4.31. The highest BCUT2D eigenvalue weighted by molar-refractivity contribution is 5.96. The lowest BCUT2D eigenvalue weighted by Gasteiger charge is -2.17. The molecule has 5 heteroatoms. The van der Waals surface area contributed by atoms with Crippen molar-refractivity contribution in [1.29, 1.82) is 0 Å². The number of carbonyl (C=O) groups is 2. The van der Waals surface area contributed by atoms with Gasteiger partial charge in [-0.1, -0.05) is 6.07 Å². The SMILES string of the molecule is CC(Oc1ccc2c(c1)CCC2)C(=O)Nc1ccc(N2CCCC2=O)cc1. The topological polar surface area (TPSA) is 58.6 Å². The van der Waals surface area contributed by atoms with E-state index in [-0.39, 0.29) is 11.8 Å². The molecular weight excluding hydrogens is 340 g/mol. The van der Waals surface area contributed by atoms with E-state index in [2.05, 4.69) is 11.4 Å². The first-order chi connectivity index (χ1) is 13.1. The van der Waals surface area contributed by atoms with Crippen LogP contribution in [0, 0.1) is 0 Å². The molecule has 1 saturated heterocycles. The highest BCUT2D eigenvalue weighted by atomic mass is 16.5. The number of hydrogen-bond acceptors (Lipinski definition) is 3. The van der Waals surface area contributed by atoms with Crippen LogP contribution in [0.3, 0.4) is 0 Å². The third kappa shape index (κ3) is 3.82. The molecule has 2 amide bonds. The van der Waals surface area contributed by atoms with Crippen molar-refractivity contribution in [2.75, 3.05) is 16.8 Å². The molecule has 1 fully saturated rings. The van der Waals surface area contributed by atoms with Gasteiger partial charge in [-0.3, -0.25) is 9.59 Å². The van der Waals surface area contributed by atoms with Gasteiger partial charge in [-0.05, 0) is 80.1 Å². The zero-order chi connectivity index (χ0) is 18.8. The number of hydrogen-bond donors (Lipinski definition) is 1. The number of benzene rings is 2. The van der Waals surface area contributed by atoms with Crippen LogP contribution >= 0.6 is 0 Å². The molecule has 4 rings (SSSR count). The van der Waals surface area contributed by atoms with Crippen LogP contribution in [0.5, 0.6) is 5.75 Å². The van der Waals surface area contributed by atoms with Gasteiger partial charge in [0.1, 0.15) is 5.75 Å². The Bertz CT molecular complexity index is 860. The molecule has 1 N–H and O–H groups in total. The first-order valence-electron chi connectivity index (χ1n) is 9.60. The van der Waals surface area contributed by atoms with Crippen molar-refractivity contribution < 1.29 is 14.3 Å². The van der Waals surface area contributed by atoms with Crippen LogP contribution in [0.15, 0.2) is 42.5 Å². The second kappa shape index (κ2) is 7.43. The van der Waals surface area contributed by atoms with E-state index in [9.17, 15) is 9.59 Å². The number of ether oxygens (including phenoxy) is 1. The van der Waals surface area contributed by atoms with Crippen LogP contribution in [-0.4, -0.2) is 24.5 Å². The summed E-state index contributed by atoms with van der Waals surface area (Å²) in [7, 11) is 0. The van der Waals surface area contributed by atoms with Crippen LogP contribution in [0.1, 0.15) is 37.3 Å². The molecule has 0 bridgehead atoms. The van der Waals surface area contributed by atoms with Crippen LogP contribution < -0.4 is 15.0 Å². The van der Waals surface area contributed by atoms with Crippen molar-refractivity contribution in [3.63, 3.8) is 0 Å². The second-order valence-corrected chi connectivity index (χ2v) is 7.23. The maximum absolute atomic E-state index is 12.4. The van der Waals surface area contributed by atoms with Crippen molar-refractivity contribution in [2.24, 2.45) is 0 Å². The molecule has 1 heterocycles. The normalized spacial score (nSPS) is 16.9. The third-order valence-corrected chi connectivity index (χ3v) is 5.27. The maximum Gasteiger partial charge on any atom is 0.265 e. The fraction of sp³-hybridized carbons (Fsp3) is 0.364. The van der Waals surface area contributed by atoms with Gasteiger partial charge in [0.25, 0.3) is 5.91 Å². The molecule has 1 atom stereocenters. The average molecular weight is 364 g/mol. The van der Waals surface area contributed by atoms with Gasteiger partial charge in [0.15, 0.2) is 6.10 Å². The predicted octanol–water partition coefficient (Wildman–Crippen LogP) is 3.71. The van der Waals surface area contributed by atoms with Gasteiger partial charge in [0, 0.05) is 24.3 Å². The number of anilines is 2. The Kier molecular flexibility index (Phi) is 4.84. The molecule has 0 aromatic heterocycles. The number of carbonyl (C=O) groups excluding carboxylic acids is 2. The van der Waals surface area contributed by atoms with Crippen molar-refractivity contribution in [3.8, 4) is 5.75 Å². The minimum absolute atomic E-state index is 0.156. The summed E-state index contributed by atoms with van der Waals surface area (Å²) in [5, 5.41) is 2.88. The zero-order valence-electron chi connectivity index (χ0n) is 15.5. The van der Waals surface area contributed by atoms with E-state index in [0.29, 0.717) is 12.1 Å². The van der Waals surface area contributed by atoms with E-state index in [1.165, 1.54) is 17.5 Å². The molecule has 140 valence electrons. The molecule has 0 radical (unpaired) electrons. The minimum Gasteiger partial charge on any atom is -0.481 e. The van der Waals surface area contributed by atoms with Crippen molar-refractivity contribution in [2.45, 2.75) is 45.1 Å². The Morgan fingerprint density at radius 1 is 1.04 bits per heavy atom. The summed E-state index contributed by atoms with van der Waals surface area (Å²) >= 11 is 0. The number of amides is 2. The van der Waals surface area contributed by atoms with Gasteiger partial charge in [-0.15, -0.1) is 0 Å². The molecule has 27 heavy (non-hydrogen) atoms. The van der Waals surface area contributed by atoms with Crippen molar-refractivity contribution >= 4 is 23.2 Å². The van der Waals surface area contributed by atoms with Gasteiger partial charge >= 0.3 is 0 Å². The molecular formula is C22H24N2O3. The fourth-order valence-electron chi connectivity index (χ4n) is 3.77. The maximum atomic E-state index is 12.4. The third-order valence-electron chi connectivity index (χ3n) is 5.27. The van der Waals surface area contributed by atoms with E-state index in [1.54, 1.807) is 11.8 Å². The van der Waals surface area contributed by atoms with E-state index in [1.807, 2.05) is 36.4 Å². The lowest BCUT2D eigenvalue weighted by molar-refractivity contribution is -0.122. The van der Waals surface area contributed by atoms with Crippen molar-refractivity contribution in [3.05, 3.63) is 53.6 Å². The number of fused-ring (bicyclic) bond motifs is 1. The van der Waals surface area contributed by atoms with E-state index in [4.69, 9.17) is 4.74 Å². The molecule has 1 aliphatic carbocycles. The Labute approximate surface area is 159 Å². The monoisotopic (exact) mass is 364 g/mol. The minimum atomic E-state index is -0.593. The van der Waals surface area contributed by atoms with Crippen LogP contribution in [0.4, 0.5) is 11.4 Å². The smallest absolute Gasteiger partial charge is 0.265 e. The molecule has 0 spiro atoms. The predicted molar refractivity (Wildman–Crippen MR) is 105 cm³/mol. The molecule has 2 aliphatic rings. The van der Waals surface area contributed by atoms with Crippen molar-refractivity contribution in [1.82, 2.24) is 0 Å². The summed E-state index contributed by atoms with van der Waals surface area (Å²) in [6.45, 7) is 2.51. The van der Waals surface area contributed by atoms with Gasteiger partial charge in [0.2, 0.25) is 5.91 Å². The van der Waals surface area contributed by atoms with Gasteiger partial charge in [-0.25, -0.2) is 0 Å². The number of nitrogens with zero attached hydrogens (tertiary/aromatic N) is 1. The number of rotatable bonds is 5. The summed E-state index contributed by atoms with van der Waals surface area (Å²) in [6, 6.07) is 13.5. The first kappa shape index (κ1) is 17.6. The lowest BCUT2D eigenvalue weighted by Crippen LogP contribution is -2.30. The molecule has 1 aliphatic heterocycles. The summed E-state index contributed by atoms with van der Waals surface area (Å²) in [5.41, 5.74) is 4.28. The van der Waals surface area contributed by atoms with Gasteiger partial charge in [0.05, 0.1) is 0 Å². The molecule has 1 unspecified atom stereocenters. The fourth-order valence-corrected chi connectivity index (χ4v) is 3.77. The number of nitrogens with one attached hydrogen (secondary N) is 1. The number of aryl methyl sites for hydroxylation is 2. The largest absolute Gasteiger partial charge is 0.481 e. The Hall–Kier alpha value is -2.82. The molecule has 5 nitrogen and oxygen atoms in total. The quantitative estimate of drug-likeness (QED) is 0.880. The van der Waals surface area contributed by atoms with Crippen LogP contribution in [-0.2, 0) is 22.4 Å². The standard InChI is InChI=1S/C22H24N2O3/c1-15(27-20-12-7-16-4-2-5-17(16)14-20)22(26)23-18-8-10-19(11-9-18)24-13-3-6-21(24)25/h7-12,14-15H,2-6,13H2,1H3,(H,23,26). The lowest BCUT2D eigenvalue weighted by atomic mass is 10.1. The molecule has 2 aromatic carbocycles. The highest BCUT2D eigenvalue weighted by Gasteiger charge is 2.22. The van der Waals surface area contributed by atoms with E-state index < -0.39 is 6.10 Å². The Balaban J connectivity index is 1.36. The second-order valence-electron chi connectivity index (χ2n) is 7.23. The Morgan fingerprint density at radius 3 is 2.56 bits per heavy atom. The summed E-state index contributed by atoms with van der Waals surface area (Å²) < 4.78 is 5.83. The molecule has 2 aromatic rings. The Morgan fingerprint density at radius 2 is 1.81 bits per heavy atom. The first-order valence-corrected chi connectivity index (χ1v) is 9.60. The van der Waals surface area contributed by atoms with Gasteiger partial charge < -0.3 is 15.0 Å². The van der Waals surface area contributed by atoms with E-state index >= 15 is 0 Å².